The Bertz CT molecular complexity index is 787. The van der Waals surface area contributed by atoms with E-state index in [1.54, 1.807) is 0 Å². The van der Waals surface area contributed by atoms with Gasteiger partial charge in [-0.1, -0.05) is 0 Å². The number of benzene rings is 1. The molecule has 0 atom stereocenters. The molecular formula is C11H10N6O5. The van der Waals surface area contributed by atoms with Crippen LogP contribution in [0.25, 0.3) is 0 Å². The Morgan fingerprint density at radius 3 is 2.95 bits per heavy atom. The average Bonchev–Trinajstić information content (AvgIpc) is 2.48. The highest BCUT2D eigenvalue weighted by molar-refractivity contribution is 5.83. The number of phenolic OH excluding ortho intramolecular Hbond substituents is 1. The Balaban J connectivity index is 2.25. The van der Waals surface area contributed by atoms with Crippen LogP contribution in [0.1, 0.15) is 5.56 Å². The number of ether oxygens (including phenoxy) is 1. The van der Waals surface area contributed by atoms with E-state index in [4.69, 9.17) is 4.74 Å². The van der Waals surface area contributed by atoms with Gasteiger partial charge in [-0.2, -0.15) is 15.2 Å². The van der Waals surface area contributed by atoms with E-state index >= 15 is 0 Å². The largest absolute Gasteiger partial charge is 0.500 e. The molecule has 1 heterocycles. The molecule has 0 aliphatic rings. The number of hydrogen-bond acceptors (Lipinski definition) is 9. The van der Waals surface area contributed by atoms with E-state index in [-0.39, 0.29) is 11.6 Å². The summed E-state index contributed by atoms with van der Waals surface area (Å²) in [4.78, 5) is 24.6. The molecule has 0 spiro atoms. The summed E-state index contributed by atoms with van der Waals surface area (Å²) in [6.45, 7) is 0. The van der Waals surface area contributed by atoms with Gasteiger partial charge in [0.2, 0.25) is 5.75 Å². The van der Waals surface area contributed by atoms with E-state index in [1.807, 2.05) is 0 Å². The summed E-state index contributed by atoms with van der Waals surface area (Å²) in [5, 5.41) is 29.9. The smallest absolute Gasteiger partial charge is 0.363 e. The maximum Gasteiger partial charge on any atom is 0.363 e. The zero-order valence-electron chi connectivity index (χ0n) is 11.2. The minimum atomic E-state index is -0.745. The molecule has 11 nitrogen and oxygen atoms in total. The number of methoxy groups -OCH3 is 1. The Morgan fingerprint density at radius 1 is 1.55 bits per heavy atom. The number of aromatic hydroxyl groups is 1. The number of hydrazone groups is 1. The summed E-state index contributed by atoms with van der Waals surface area (Å²) >= 11 is 0. The van der Waals surface area contributed by atoms with Gasteiger partial charge < -0.3 is 9.84 Å². The molecule has 0 unspecified atom stereocenters. The Kier molecular flexibility index (Phi) is 4.27. The van der Waals surface area contributed by atoms with Gasteiger partial charge in [-0.05, 0) is 6.07 Å². The number of anilines is 1. The van der Waals surface area contributed by atoms with Crippen molar-refractivity contribution in [3.05, 3.63) is 44.5 Å². The fourth-order valence-corrected chi connectivity index (χ4v) is 1.52. The second-order valence-electron chi connectivity index (χ2n) is 3.89. The number of nitro groups is 1. The highest BCUT2D eigenvalue weighted by Gasteiger charge is 2.19. The Morgan fingerprint density at radius 2 is 2.32 bits per heavy atom. The highest BCUT2D eigenvalue weighted by atomic mass is 16.6. The lowest BCUT2D eigenvalue weighted by atomic mass is 10.2. The lowest BCUT2D eigenvalue weighted by Gasteiger charge is -2.05. The van der Waals surface area contributed by atoms with Crippen molar-refractivity contribution in [3.8, 4) is 11.5 Å². The van der Waals surface area contributed by atoms with Crippen molar-refractivity contribution in [1.29, 1.82) is 0 Å². The monoisotopic (exact) mass is 306 g/mol. The molecule has 0 amide bonds. The average molecular weight is 306 g/mol. The van der Waals surface area contributed by atoms with E-state index in [2.05, 4.69) is 25.7 Å². The molecule has 1 aromatic heterocycles. The highest BCUT2D eigenvalue weighted by Crippen LogP contribution is 2.36. The number of phenols is 1. The van der Waals surface area contributed by atoms with Gasteiger partial charge in [0.05, 0.1) is 24.4 Å². The van der Waals surface area contributed by atoms with E-state index in [1.165, 1.54) is 25.6 Å². The molecule has 0 aliphatic heterocycles. The van der Waals surface area contributed by atoms with Gasteiger partial charge in [-0.15, -0.1) is 0 Å². The van der Waals surface area contributed by atoms with Crippen LogP contribution >= 0.6 is 0 Å². The van der Waals surface area contributed by atoms with Crippen LogP contribution in [0.2, 0.25) is 0 Å². The number of aromatic amines is 1. The number of nitrogens with zero attached hydrogens (tertiary/aromatic N) is 4. The molecule has 22 heavy (non-hydrogen) atoms. The fraction of sp³-hybridized carbons (Fsp3) is 0.0909. The molecule has 0 saturated heterocycles. The van der Waals surface area contributed by atoms with E-state index in [9.17, 15) is 20.0 Å². The summed E-state index contributed by atoms with van der Waals surface area (Å²) in [6, 6.07) is 2.48. The third-order valence-corrected chi connectivity index (χ3v) is 2.46. The topological polar surface area (TPSA) is 156 Å². The van der Waals surface area contributed by atoms with Crippen LogP contribution < -0.4 is 15.9 Å². The summed E-state index contributed by atoms with van der Waals surface area (Å²) in [6.07, 6.45) is 2.47. The molecule has 0 saturated carbocycles. The van der Waals surface area contributed by atoms with Crippen LogP contribution in [0.15, 0.2) is 28.2 Å². The number of rotatable bonds is 5. The lowest BCUT2D eigenvalue weighted by molar-refractivity contribution is -0.386. The molecule has 1 aromatic carbocycles. The van der Waals surface area contributed by atoms with Crippen molar-refractivity contribution in [3.63, 3.8) is 0 Å². The first-order valence-electron chi connectivity index (χ1n) is 5.77. The minimum absolute atomic E-state index is 0.0633. The zero-order chi connectivity index (χ0) is 16.1. The summed E-state index contributed by atoms with van der Waals surface area (Å²) in [5.41, 5.74) is 1.57. The first-order valence-corrected chi connectivity index (χ1v) is 5.77. The van der Waals surface area contributed by atoms with Crippen molar-refractivity contribution < 1.29 is 14.8 Å². The summed E-state index contributed by atoms with van der Waals surface area (Å²) in [7, 11) is 1.27. The van der Waals surface area contributed by atoms with Crippen molar-refractivity contribution in [2.75, 3.05) is 12.5 Å². The zero-order valence-corrected chi connectivity index (χ0v) is 11.2. The molecule has 0 radical (unpaired) electrons. The normalized spacial score (nSPS) is 10.6. The van der Waals surface area contributed by atoms with E-state index in [0.29, 0.717) is 5.56 Å². The van der Waals surface area contributed by atoms with E-state index < -0.39 is 22.0 Å². The Labute approximate surface area is 122 Å². The third-order valence-electron chi connectivity index (χ3n) is 2.46. The lowest BCUT2D eigenvalue weighted by Crippen LogP contribution is -2.13. The molecule has 114 valence electrons. The van der Waals surface area contributed by atoms with Crippen molar-refractivity contribution in [2.45, 2.75) is 0 Å². The molecular weight excluding hydrogens is 296 g/mol. The van der Waals surface area contributed by atoms with Gasteiger partial charge in [0, 0.05) is 11.6 Å². The first-order chi connectivity index (χ1) is 10.5. The second kappa shape index (κ2) is 6.30. The maximum atomic E-state index is 10.9. The van der Waals surface area contributed by atoms with Gasteiger partial charge in [0.25, 0.3) is 0 Å². The van der Waals surface area contributed by atoms with Crippen molar-refractivity contribution in [1.82, 2.24) is 15.2 Å². The predicted molar refractivity (Wildman–Crippen MR) is 75.2 cm³/mol. The number of H-pyrrole nitrogens is 1. The minimum Gasteiger partial charge on any atom is -0.500 e. The van der Waals surface area contributed by atoms with Crippen LogP contribution in [-0.4, -0.2) is 38.5 Å². The molecule has 0 aliphatic carbocycles. The first kappa shape index (κ1) is 14.9. The molecule has 11 heteroatoms. The van der Waals surface area contributed by atoms with E-state index in [0.717, 1.165) is 6.07 Å². The van der Waals surface area contributed by atoms with Crippen LogP contribution in [0, 0.1) is 10.1 Å². The SMILES string of the molecule is COc1cc(C=NNc2cn[nH]c(=O)n2)cc([N+](=O)[O-])c1O. The molecule has 2 aromatic rings. The summed E-state index contributed by atoms with van der Waals surface area (Å²) < 4.78 is 4.85. The maximum absolute atomic E-state index is 10.9. The number of aromatic nitrogens is 3. The fourth-order valence-electron chi connectivity index (χ4n) is 1.52. The number of nitro benzene ring substituents is 1. The van der Waals surface area contributed by atoms with Gasteiger partial charge in [0.15, 0.2) is 11.6 Å². The second-order valence-corrected chi connectivity index (χ2v) is 3.89. The number of nitrogens with one attached hydrogen (secondary N) is 2. The van der Waals surface area contributed by atoms with Crippen molar-refractivity contribution >= 4 is 17.7 Å². The predicted octanol–water partition coefficient (Wildman–Crippen LogP) is 0.233. The van der Waals surface area contributed by atoms with Crippen LogP contribution in [0.5, 0.6) is 11.5 Å². The standard InChI is InChI=1S/C11H10N6O5/c1-22-8-3-6(2-7(10(8)18)17(20)21)4-12-15-9-5-13-16-11(19)14-9/h2-5,18H,1H3,(H2,14,15,16,19). The molecule has 0 bridgehead atoms. The third kappa shape index (κ3) is 3.33. The number of hydrogen-bond donors (Lipinski definition) is 3. The van der Waals surface area contributed by atoms with Gasteiger partial charge in [-0.25, -0.2) is 9.89 Å². The van der Waals surface area contributed by atoms with Crippen LogP contribution in [-0.2, 0) is 0 Å². The quantitative estimate of drug-likeness (QED) is 0.402. The van der Waals surface area contributed by atoms with Crippen LogP contribution in [0.3, 0.4) is 0 Å². The summed E-state index contributed by atoms with van der Waals surface area (Å²) in [5.74, 6) is -0.537. The van der Waals surface area contributed by atoms with Gasteiger partial charge in [0.1, 0.15) is 0 Å². The van der Waals surface area contributed by atoms with Gasteiger partial charge >= 0.3 is 11.4 Å². The Hall–Kier alpha value is -3.50. The van der Waals surface area contributed by atoms with Crippen LogP contribution in [0.4, 0.5) is 11.5 Å². The molecule has 0 fully saturated rings. The van der Waals surface area contributed by atoms with Gasteiger partial charge in [-0.3, -0.25) is 15.5 Å². The molecule has 2 rings (SSSR count). The van der Waals surface area contributed by atoms with Crippen molar-refractivity contribution in [2.24, 2.45) is 5.10 Å². The molecule has 3 N–H and O–H groups in total.